The van der Waals surface area contributed by atoms with Crippen molar-refractivity contribution in [3.8, 4) is 0 Å². The number of phosphoric acid groups is 1. The van der Waals surface area contributed by atoms with Gasteiger partial charge in [-0.3, -0.25) is 18.9 Å². The van der Waals surface area contributed by atoms with E-state index < -0.39 is 31.8 Å². The zero-order chi connectivity index (χ0) is 19.3. The van der Waals surface area contributed by atoms with Crippen molar-refractivity contribution in [2.24, 2.45) is 5.41 Å². The van der Waals surface area contributed by atoms with Crippen LogP contribution in [0.2, 0.25) is 0 Å². The second-order valence-electron chi connectivity index (χ2n) is 7.54. The lowest BCUT2D eigenvalue weighted by Crippen LogP contribution is -2.28. The third-order valence-electron chi connectivity index (χ3n) is 4.03. The maximum atomic E-state index is 11.9. The zero-order valence-corrected chi connectivity index (χ0v) is 15.5. The predicted molar refractivity (Wildman–Crippen MR) is 92.1 cm³/mol. The minimum absolute atomic E-state index is 0.0588. The van der Waals surface area contributed by atoms with Crippen molar-refractivity contribution < 1.29 is 23.6 Å². The molecular formula is C14H22N5O6P. The molecule has 26 heavy (non-hydrogen) atoms. The first-order valence-corrected chi connectivity index (χ1v) is 9.58. The van der Waals surface area contributed by atoms with Gasteiger partial charge in [-0.05, 0) is 11.8 Å². The van der Waals surface area contributed by atoms with E-state index in [4.69, 9.17) is 15.0 Å². The van der Waals surface area contributed by atoms with Gasteiger partial charge in [0.25, 0.3) is 5.56 Å². The summed E-state index contributed by atoms with van der Waals surface area (Å²) in [4.78, 5) is 40.8. The third kappa shape index (κ3) is 4.13. The van der Waals surface area contributed by atoms with Gasteiger partial charge in [0.05, 0.1) is 18.5 Å². The highest BCUT2D eigenvalue weighted by atomic mass is 31.2. The average Bonchev–Trinajstić information content (AvgIpc) is 3.00. The Kier molecular flexibility index (Phi) is 4.70. The molecule has 3 heterocycles. The molecule has 1 saturated heterocycles. The van der Waals surface area contributed by atoms with Crippen molar-refractivity contribution in [3.63, 3.8) is 0 Å². The lowest BCUT2D eigenvalue weighted by Gasteiger charge is -2.26. The highest BCUT2D eigenvalue weighted by Gasteiger charge is 2.42. The monoisotopic (exact) mass is 387 g/mol. The van der Waals surface area contributed by atoms with E-state index >= 15 is 0 Å². The molecule has 2 aromatic rings. The van der Waals surface area contributed by atoms with E-state index in [2.05, 4.69) is 15.0 Å². The lowest BCUT2D eigenvalue weighted by molar-refractivity contribution is -0.0349. The maximum absolute atomic E-state index is 11.9. The molecule has 144 valence electrons. The van der Waals surface area contributed by atoms with Gasteiger partial charge in [-0.15, -0.1) is 0 Å². The Balaban J connectivity index is 1.94. The van der Waals surface area contributed by atoms with E-state index in [0.29, 0.717) is 6.42 Å². The number of imidazole rings is 1. The molecular weight excluding hydrogens is 365 g/mol. The Morgan fingerprint density at radius 1 is 1.50 bits per heavy atom. The quantitative estimate of drug-likeness (QED) is 0.558. The van der Waals surface area contributed by atoms with Crippen molar-refractivity contribution in [3.05, 3.63) is 16.7 Å². The standard InChI is InChI=1S/C14H22N5O6P/c1-14(2,3)5-8-7(25-26(21,22)23)4-9(24-8)19-6-16-10-11(19)17-13(15)18-12(10)20/h6-9H,4-5H2,1-3H3,(H2,21,22,23)(H3,15,17,18,20)/t7?,8-,9-/m1/s1. The van der Waals surface area contributed by atoms with Gasteiger partial charge in [0.15, 0.2) is 11.2 Å². The smallest absolute Gasteiger partial charge is 0.369 e. The van der Waals surface area contributed by atoms with E-state index in [1.807, 2.05) is 20.8 Å². The molecule has 0 bridgehead atoms. The van der Waals surface area contributed by atoms with Crippen molar-refractivity contribution in [2.45, 2.75) is 52.0 Å². The van der Waals surface area contributed by atoms with Gasteiger partial charge >= 0.3 is 7.82 Å². The number of fused-ring (bicyclic) bond motifs is 1. The number of nitrogens with zero attached hydrogens (tertiary/aromatic N) is 3. The Morgan fingerprint density at radius 2 is 2.19 bits per heavy atom. The first kappa shape index (κ1) is 19.0. The summed E-state index contributed by atoms with van der Waals surface area (Å²) in [6.45, 7) is 5.98. The Labute approximate surface area is 148 Å². The second kappa shape index (κ2) is 6.43. The summed E-state index contributed by atoms with van der Waals surface area (Å²) in [7, 11) is -4.68. The van der Waals surface area contributed by atoms with Crippen LogP contribution in [0.3, 0.4) is 0 Å². The normalized spacial score (nSPS) is 24.4. The van der Waals surface area contributed by atoms with Gasteiger partial charge in [0.1, 0.15) is 6.23 Å². The molecule has 12 heteroatoms. The molecule has 1 unspecified atom stereocenters. The van der Waals surface area contributed by atoms with Crippen LogP contribution in [-0.2, 0) is 13.8 Å². The molecule has 2 aromatic heterocycles. The summed E-state index contributed by atoms with van der Waals surface area (Å²) >= 11 is 0. The number of rotatable bonds is 4. The molecule has 0 saturated carbocycles. The molecule has 11 nitrogen and oxygen atoms in total. The van der Waals surface area contributed by atoms with Crippen LogP contribution in [0.15, 0.2) is 11.1 Å². The number of anilines is 1. The van der Waals surface area contributed by atoms with E-state index in [1.54, 1.807) is 0 Å². The van der Waals surface area contributed by atoms with Crippen LogP contribution >= 0.6 is 7.82 Å². The van der Waals surface area contributed by atoms with Gasteiger partial charge in [-0.1, -0.05) is 20.8 Å². The van der Waals surface area contributed by atoms with Crippen molar-refractivity contribution >= 4 is 24.9 Å². The molecule has 1 fully saturated rings. The van der Waals surface area contributed by atoms with Crippen LogP contribution in [0.25, 0.3) is 11.2 Å². The summed E-state index contributed by atoms with van der Waals surface area (Å²) in [6.07, 6.45) is 0.104. The van der Waals surface area contributed by atoms with Gasteiger partial charge in [-0.2, -0.15) is 4.98 Å². The number of aromatic nitrogens is 4. The van der Waals surface area contributed by atoms with E-state index in [-0.39, 0.29) is 28.9 Å². The maximum Gasteiger partial charge on any atom is 0.469 e. The van der Waals surface area contributed by atoms with Crippen LogP contribution < -0.4 is 11.3 Å². The van der Waals surface area contributed by atoms with E-state index in [9.17, 15) is 19.1 Å². The van der Waals surface area contributed by atoms with Crippen LogP contribution in [0.4, 0.5) is 5.95 Å². The second-order valence-corrected chi connectivity index (χ2v) is 8.73. The SMILES string of the molecule is CC(C)(C)C[C@H]1O[C@@H](n2cnc3c(=O)[nH]c(N)nc32)CC1OP(=O)(O)O. The molecule has 0 spiro atoms. The van der Waals surface area contributed by atoms with E-state index in [0.717, 1.165) is 0 Å². The lowest BCUT2D eigenvalue weighted by atomic mass is 9.87. The number of hydrogen-bond acceptors (Lipinski definition) is 7. The molecule has 0 aliphatic carbocycles. The molecule has 1 aliphatic heterocycles. The van der Waals surface area contributed by atoms with Gasteiger partial charge < -0.3 is 20.3 Å². The molecule has 3 atom stereocenters. The number of ether oxygens (including phenoxy) is 1. The Bertz CT molecular complexity index is 913. The highest BCUT2D eigenvalue weighted by molar-refractivity contribution is 7.46. The third-order valence-corrected chi connectivity index (χ3v) is 4.57. The molecule has 0 aromatic carbocycles. The Morgan fingerprint density at radius 3 is 2.81 bits per heavy atom. The fourth-order valence-corrected chi connectivity index (χ4v) is 3.67. The van der Waals surface area contributed by atoms with Crippen molar-refractivity contribution in [1.29, 1.82) is 0 Å². The fraction of sp³-hybridized carbons (Fsp3) is 0.643. The summed E-state index contributed by atoms with van der Waals surface area (Å²) in [5.74, 6) is -0.0588. The largest absolute Gasteiger partial charge is 0.469 e. The van der Waals surface area contributed by atoms with Crippen LogP contribution in [0, 0.1) is 5.41 Å². The molecule has 3 rings (SSSR count). The van der Waals surface area contributed by atoms with Crippen molar-refractivity contribution in [1.82, 2.24) is 19.5 Å². The number of nitrogens with one attached hydrogen (secondary N) is 1. The topological polar surface area (TPSA) is 166 Å². The zero-order valence-electron chi connectivity index (χ0n) is 14.6. The van der Waals surface area contributed by atoms with Gasteiger partial charge in [0.2, 0.25) is 5.95 Å². The van der Waals surface area contributed by atoms with Gasteiger partial charge in [0, 0.05) is 6.42 Å². The van der Waals surface area contributed by atoms with Crippen LogP contribution in [-0.4, -0.2) is 41.5 Å². The number of phosphoric ester groups is 1. The number of H-pyrrole nitrogens is 1. The van der Waals surface area contributed by atoms with Crippen molar-refractivity contribution in [2.75, 3.05) is 5.73 Å². The minimum Gasteiger partial charge on any atom is -0.369 e. The number of aromatic amines is 1. The van der Waals surface area contributed by atoms with E-state index in [1.165, 1.54) is 10.9 Å². The molecule has 5 N–H and O–H groups in total. The average molecular weight is 387 g/mol. The van der Waals surface area contributed by atoms with Crippen LogP contribution in [0.1, 0.15) is 39.8 Å². The first-order chi connectivity index (χ1) is 11.9. The first-order valence-electron chi connectivity index (χ1n) is 8.05. The fourth-order valence-electron chi connectivity index (χ4n) is 3.10. The summed E-state index contributed by atoms with van der Waals surface area (Å²) in [5, 5.41) is 0. The Hall–Kier alpha value is -1.78. The number of hydrogen-bond donors (Lipinski definition) is 4. The number of nitrogens with two attached hydrogens (primary N) is 1. The van der Waals surface area contributed by atoms with Gasteiger partial charge in [-0.25, -0.2) is 9.55 Å². The number of nitrogen functional groups attached to an aromatic ring is 1. The molecule has 1 aliphatic rings. The summed E-state index contributed by atoms with van der Waals surface area (Å²) < 4.78 is 23.8. The summed E-state index contributed by atoms with van der Waals surface area (Å²) in [5.41, 5.74) is 5.32. The molecule has 0 amide bonds. The minimum atomic E-state index is -4.68. The predicted octanol–water partition coefficient (Wildman–Crippen LogP) is 0.903. The summed E-state index contributed by atoms with van der Waals surface area (Å²) in [6, 6.07) is 0. The highest BCUT2D eigenvalue weighted by Crippen LogP contribution is 2.46. The van der Waals surface area contributed by atoms with Crippen LogP contribution in [0.5, 0.6) is 0 Å². The molecule has 0 radical (unpaired) electrons.